The number of likely N-dealkylation sites (N-methyl/N-ethyl adjacent to an activating group) is 1. The molecule has 1 amide bonds. The van der Waals surface area contributed by atoms with Gasteiger partial charge in [-0.2, -0.15) is 0 Å². The summed E-state index contributed by atoms with van der Waals surface area (Å²) in [6.07, 6.45) is 102. The van der Waals surface area contributed by atoms with Crippen molar-refractivity contribution in [1.82, 2.24) is 5.32 Å². The summed E-state index contributed by atoms with van der Waals surface area (Å²) in [6, 6.07) is -0.919. The van der Waals surface area contributed by atoms with Gasteiger partial charge in [-0.05, 0) is 103 Å². The highest BCUT2D eigenvalue weighted by Crippen LogP contribution is 2.38. The zero-order valence-corrected chi connectivity index (χ0v) is 59.0. The number of unbranched alkanes of at least 4 members (excludes halogenated alkanes) is 36. The van der Waals surface area contributed by atoms with E-state index in [1.807, 2.05) is 27.2 Å². The van der Waals surface area contributed by atoms with Crippen molar-refractivity contribution in [2.45, 2.75) is 334 Å². The van der Waals surface area contributed by atoms with E-state index in [4.69, 9.17) is 9.05 Å². The number of phosphoric acid groups is 1. The molecule has 3 unspecified atom stereocenters. The third-order valence-corrected chi connectivity index (χ3v) is 17.1. The van der Waals surface area contributed by atoms with E-state index in [1.54, 1.807) is 6.08 Å². The summed E-state index contributed by atoms with van der Waals surface area (Å²) in [5.74, 6) is -0.212. The molecule has 0 aliphatic rings. The summed E-state index contributed by atoms with van der Waals surface area (Å²) in [6.45, 7) is 4.53. The fourth-order valence-electron chi connectivity index (χ4n) is 10.5. The number of amides is 1. The molecule has 0 bridgehead atoms. The Labute approximate surface area is 545 Å². The normalized spacial score (nSPS) is 14.3. The zero-order valence-electron chi connectivity index (χ0n) is 58.1. The summed E-state index contributed by atoms with van der Waals surface area (Å²) in [7, 11) is 1.23. The molecule has 0 aliphatic carbocycles. The number of allylic oxidation sites excluding steroid dienone is 19. The largest absolute Gasteiger partial charge is 0.756 e. The van der Waals surface area contributed by atoms with Crippen LogP contribution in [0.15, 0.2) is 122 Å². The Morgan fingerprint density at radius 1 is 0.409 bits per heavy atom. The number of aliphatic hydroxyl groups is 1. The van der Waals surface area contributed by atoms with Crippen molar-refractivity contribution in [2.75, 3.05) is 40.9 Å². The van der Waals surface area contributed by atoms with Gasteiger partial charge in [0.25, 0.3) is 7.82 Å². The van der Waals surface area contributed by atoms with Gasteiger partial charge in [0.2, 0.25) is 5.91 Å². The smallest absolute Gasteiger partial charge is 0.268 e. The van der Waals surface area contributed by atoms with Crippen LogP contribution in [0.4, 0.5) is 0 Å². The molecule has 0 rings (SSSR count). The minimum Gasteiger partial charge on any atom is -0.756 e. The van der Waals surface area contributed by atoms with Crippen molar-refractivity contribution in [3.8, 4) is 0 Å². The van der Waals surface area contributed by atoms with E-state index in [-0.39, 0.29) is 12.5 Å². The van der Waals surface area contributed by atoms with E-state index in [0.717, 1.165) is 89.9 Å². The van der Waals surface area contributed by atoms with Gasteiger partial charge in [0.1, 0.15) is 13.2 Å². The van der Waals surface area contributed by atoms with Gasteiger partial charge in [-0.1, -0.05) is 334 Å². The van der Waals surface area contributed by atoms with Gasteiger partial charge < -0.3 is 28.8 Å². The van der Waals surface area contributed by atoms with Crippen LogP contribution in [0.25, 0.3) is 0 Å². The van der Waals surface area contributed by atoms with E-state index in [2.05, 4.69) is 129 Å². The van der Waals surface area contributed by atoms with Gasteiger partial charge in [0.05, 0.1) is 39.9 Å². The SMILES string of the molecule is CC/C=C\C/C=C\C/C=C\C/C=C\C/C=C\C/C=C\C/C=C\CCCCCCCCCCCCCCCCCC(=O)NC(COP(=O)([O-])OCC[N+](C)(C)C)C(O)/C=C/CC/C=C/CC/C=C/CCCCCCCCCCCCCCCCCCCCC. The highest BCUT2D eigenvalue weighted by Gasteiger charge is 2.23. The molecule has 0 aromatic rings. The van der Waals surface area contributed by atoms with E-state index in [1.165, 1.54) is 212 Å². The Kier molecular flexibility index (Phi) is 65.9. The molecule has 9 heteroatoms. The fraction of sp³-hybridized carbons (Fsp3) is 0.734. The lowest BCUT2D eigenvalue weighted by Crippen LogP contribution is -2.45. The predicted molar refractivity (Wildman–Crippen MR) is 385 cm³/mol. The minimum atomic E-state index is -4.62. The van der Waals surface area contributed by atoms with Crippen LogP contribution in [0.2, 0.25) is 0 Å². The van der Waals surface area contributed by atoms with Crippen molar-refractivity contribution in [3.63, 3.8) is 0 Å². The number of rotatable bonds is 67. The predicted octanol–water partition coefficient (Wildman–Crippen LogP) is 23.4. The first-order valence-corrected chi connectivity index (χ1v) is 38.4. The lowest BCUT2D eigenvalue weighted by atomic mass is 10.0. The number of nitrogens with zero attached hydrogens (tertiary/aromatic N) is 1. The molecular formula is C79H141N2O6P. The monoisotopic (exact) mass is 1250 g/mol. The maximum atomic E-state index is 13.1. The Bertz CT molecular complexity index is 1850. The van der Waals surface area contributed by atoms with Crippen LogP contribution in [-0.4, -0.2) is 68.5 Å². The van der Waals surface area contributed by atoms with Gasteiger partial charge in [-0.25, -0.2) is 0 Å². The molecule has 0 aromatic carbocycles. The van der Waals surface area contributed by atoms with Crippen LogP contribution in [-0.2, 0) is 18.4 Å². The molecule has 0 saturated carbocycles. The van der Waals surface area contributed by atoms with Crippen molar-refractivity contribution >= 4 is 13.7 Å². The number of carbonyl (C=O) groups excluding carboxylic acids is 1. The van der Waals surface area contributed by atoms with Crippen molar-refractivity contribution in [3.05, 3.63) is 122 Å². The van der Waals surface area contributed by atoms with E-state index >= 15 is 0 Å². The minimum absolute atomic E-state index is 0.0130. The Morgan fingerprint density at radius 2 is 0.705 bits per heavy atom. The quantitative estimate of drug-likeness (QED) is 0.0272. The summed E-state index contributed by atoms with van der Waals surface area (Å²) < 4.78 is 23.5. The molecule has 0 fully saturated rings. The fourth-order valence-corrected chi connectivity index (χ4v) is 11.2. The second kappa shape index (κ2) is 68.3. The van der Waals surface area contributed by atoms with Crippen molar-refractivity contribution < 1.29 is 32.9 Å². The summed E-state index contributed by atoms with van der Waals surface area (Å²) in [5, 5.41) is 13.9. The van der Waals surface area contributed by atoms with Crippen LogP contribution in [0.5, 0.6) is 0 Å². The number of quaternary nitrogens is 1. The number of aliphatic hydroxyl groups excluding tert-OH is 1. The van der Waals surface area contributed by atoms with Crippen molar-refractivity contribution in [2.24, 2.45) is 0 Å². The second-order valence-corrected chi connectivity index (χ2v) is 27.3. The zero-order chi connectivity index (χ0) is 64.1. The lowest BCUT2D eigenvalue weighted by Gasteiger charge is -2.29. The first-order chi connectivity index (χ1) is 43.0. The number of carbonyl (C=O) groups is 1. The highest BCUT2D eigenvalue weighted by molar-refractivity contribution is 7.45. The molecule has 88 heavy (non-hydrogen) atoms. The second-order valence-electron chi connectivity index (χ2n) is 25.9. The molecule has 508 valence electrons. The molecule has 3 atom stereocenters. The van der Waals surface area contributed by atoms with E-state index in [0.29, 0.717) is 17.4 Å². The molecule has 0 radical (unpaired) electrons. The summed E-state index contributed by atoms with van der Waals surface area (Å²) >= 11 is 0. The molecule has 0 spiro atoms. The number of nitrogens with one attached hydrogen (secondary N) is 1. The molecule has 0 aromatic heterocycles. The average molecular weight is 1250 g/mol. The third-order valence-electron chi connectivity index (χ3n) is 16.1. The first kappa shape index (κ1) is 84.9. The lowest BCUT2D eigenvalue weighted by molar-refractivity contribution is -0.870. The highest BCUT2D eigenvalue weighted by atomic mass is 31.2. The maximum absolute atomic E-state index is 13.1. The van der Waals surface area contributed by atoms with Crippen molar-refractivity contribution in [1.29, 1.82) is 0 Å². The van der Waals surface area contributed by atoms with Crippen LogP contribution < -0.4 is 10.2 Å². The van der Waals surface area contributed by atoms with E-state index in [9.17, 15) is 19.4 Å². The molecule has 8 nitrogen and oxygen atoms in total. The van der Waals surface area contributed by atoms with Crippen LogP contribution in [0.3, 0.4) is 0 Å². The summed E-state index contributed by atoms with van der Waals surface area (Å²) in [4.78, 5) is 25.7. The Morgan fingerprint density at radius 3 is 1.06 bits per heavy atom. The Balaban J connectivity index is 4.11. The summed E-state index contributed by atoms with van der Waals surface area (Å²) in [5.41, 5.74) is 0. The average Bonchev–Trinajstić information content (AvgIpc) is 3.70. The molecule has 2 N–H and O–H groups in total. The standard InChI is InChI=1S/C79H141N2O6P/c1-6-8-10-12-14-16-18-20-22-24-26-28-30-32-34-36-37-38-39-40-41-42-43-45-47-49-51-53-55-57-59-61-63-65-67-69-71-73-79(83)80-77(76-87-88(84,85)86-75-74-81(3,4)5)78(82)72-70-68-66-64-62-60-58-56-54-52-50-48-46-44-35-33-31-29-27-25-23-21-19-17-15-13-11-9-7-2/h8,10,14,16,20,22,26,28,32,34,37-38,40-41,54,56,62,64,70,72,77-78,82H,6-7,9,11-13,15,17-19,21,23-25,27,29-31,33,35-36,39,42-53,55,57-61,63,65-69,71,73-76H2,1-5H3,(H-,80,83,84,85)/b10-8-,16-14-,22-20-,28-26-,34-32-,38-37-,41-40-,56-54+,64-62+,72-70+. The van der Waals surface area contributed by atoms with Crippen LogP contribution >= 0.6 is 7.82 Å². The molecule has 0 saturated heterocycles. The Hall–Kier alpha value is -3.10. The van der Waals surface area contributed by atoms with Crippen LogP contribution in [0.1, 0.15) is 322 Å². The van der Waals surface area contributed by atoms with Crippen LogP contribution in [0, 0.1) is 0 Å². The van der Waals surface area contributed by atoms with Gasteiger partial charge in [0, 0.05) is 6.42 Å². The molecule has 0 aliphatic heterocycles. The number of hydrogen-bond donors (Lipinski definition) is 2. The maximum Gasteiger partial charge on any atom is 0.268 e. The van der Waals surface area contributed by atoms with Gasteiger partial charge in [-0.3, -0.25) is 9.36 Å². The van der Waals surface area contributed by atoms with Gasteiger partial charge >= 0.3 is 0 Å². The topological polar surface area (TPSA) is 108 Å². The van der Waals surface area contributed by atoms with Gasteiger partial charge in [-0.15, -0.1) is 0 Å². The molecule has 0 heterocycles. The first-order valence-electron chi connectivity index (χ1n) is 36.9. The third kappa shape index (κ3) is 70.4. The number of hydrogen-bond acceptors (Lipinski definition) is 6. The number of phosphoric ester groups is 1. The van der Waals surface area contributed by atoms with Gasteiger partial charge in [0.15, 0.2) is 0 Å². The van der Waals surface area contributed by atoms with E-state index < -0.39 is 26.6 Å². The molecular weight excluding hydrogens is 1100 g/mol.